The van der Waals surface area contributed by atoms with E-state index in [0.29, 0.717) is 12.0 Å². The highest BCUT2D eigenvalue weighted by Gasteiger charge is 2.23. The third-order valence-electron chi connectivity index (χ3n) is 2.80. The zero-order chi connectivity index (χ0) is 9.80. The maximum Gasteiger partial charge on any atom is 0.148 e. The van der Waals surface area contributed by atoms with Crippen LogP contribution in [0.2, 0.25) is 0 Å². The fraction of sp³-hybridized carbons (Fsp3) is 0.600. The number of anilines is 1. The molecule has 0 saturated heterocycles. The highest BCUT2D eigenvalue weighted by Crippen LogP contribution is 2.26. The molecule has 1 aliphatic carbocycles. The molecule has 76 valence electrons. The molecule has 4 nitrogen and oxygen atoms in total. The number of hydrogen-bond acceptors (Lipinski definition) is 4. The van der Waals surface area contributed by atoms with Crippen LogP contribution in [-0.4, -0.2) is 22.8 Å². The van der Waals surface area contributed by atoms with Crippen molar-refractivity contribution in [3.05, 3.63) is 18.3 Å². The molecule has 2 unspecified atom stereocenters. The molecule has 3 N–H and O–H groups in total. The topological polar surface area (TPSA) is 63.8 Å². The van der Waals surface area contributed by atoms with E-state index in [0.717, 1.165) is 18.8 Å². The largest absolute Gasteiger partial charge is 0.366 e. The molecule has 1 fully saturated rings. The van der Waals surface area contributed by atoms with E-state index in [9.17, 15) is 0 Å². The Labute approximate surface area is 83.9 Å². The number of hydrogen-bond donors (Lipinski definition) is 2. The molecule has 1 heterocycles. The van der Waals surface area contributed by atoms with Crippen molar-refractivity contribution >= 4 is 5.82 Å². The van der Waals surface area contributed by atoms with Gasteiger partial charge in [0.05, 0.1) is 0 Å². The summed E-state index contributed by atoms with van der Waals surface area (Å²) in [6.07, 6.45) is 5.27. The number of nitrogens with two attached hydrogens (primary N) is 1. The van der Waals surface area contributed by atoms with Crippen LogP contribution in [0, 0.1) is 5.92 Å². The van der Waals surface area contributed by atoms with Crippen molar-refractivity contribution in [2.24, 2.45) is 11.7 Å². The molecule has 4 heteroatoms. The second-order valence-electron chi connectivity index (χ2n) is 3.86. The van der Waals surface area contributed by atoms with E-state index in [1.807, 2.05) is 12.1 Å². The Morgan fingerprint density at radius 1 is 1.50 bits per heavy atom. The first-order valence-electron chi connectivity index (χ1n) is 5.13. The maximum atomic E-state index is 5.63. The van der Waals surface area contributed by atoms with Crippen LogP contribution < -0.4 is 11.1 Å². The summed E-state index contributed by atoms with van der Waals surface area (Å²) in [5.41, 5.74) is 5.63. The van der Waals surface area contributed by atoms with Gasteiger partial charge >= 0.3 is 0 Å². The molecule has 1 saturated carbocycles. The summed E-state index contributed by atoms with van der Waals surface area (Å²) in [7, 11) is 0. The van der Waals surface area contributed by atoms with Crippen LogP contribution in [0.1, 0.15) is 19.3 Å². The van der Waals surface area contributed by atoms with Gasteiger partial charge in [-0.25, -0.2) is 0 Å². The number of rotatable bonds is 3. The molecule has 1 aromatic rings. The molecule has 0 aliphatic heterocycles. The van der Waals surface area contributed by atoms with Crippen LogP contribution in [0.4, 0.5) is 5.82 Å². The second kappa shape index (κ2) is 4.37. The standard InChI is InChI=1S/C10H16N4/c11-7-8-3-4-9(6-8)13-10-2-1-5-12-14-10/h1-2,5,8-9H,3-4,6-7,11H2,(H,13,14). The summed E-state index contributed by atoms with van der Waals surface area (Å²) in [4.78, 5) is 0. The minimum Gasteiger partial charge on any atom is -0.366 e. The minimum atomic E-state index is 0.528. The van der Waals surface area contributed by atoms with Gasteiger partial charge in [0.15, 0.2) is 0 Å². The van der Waals surface area contributed by atoms with Crippen molar-refractivity contribution in [2.75, 3.05) is 11.9 Å². The molecule has 14 heavy (non-hydrogen) atoms. The van der Waals surface area contributed by atoms with Gasteiger partial charge < -0.3 is 11.1 Å². The van der Waals surface area contributed by atoms with Gasteiger partial charge in [-0.3, -0.25) is 0 Å². The highest BCUT2D eigenvalue weighted by atomic mass is 15.2. The third kappa shape index (κ3) is 2.20. The molecule has 0 aromatic carbocycles. The summed E-state index contributed by atoms with van der Waals surface area (Å²) in [5.74, 6) is 1.55. The maximum absolute atomic E-state index is 5.63. The predicted octanol–water partition coefficient (Wildman–Crippen LogP) is 1.02. The molecular formula is C10H16N4. The van der Waals surface area contributed by atoms with Gasteiger partial charge in [0.1, 0.15) is 5.82 Å². The average molecular weight is 192 g/mol. The first-order chi connectivity index (χ1) is 6.88. The SMILES string of the molecule is NCC1CCC(Nc2cccnn2)C1. The van der Waals surface area contributed by atoms with E-state index in [4.69, 9.17) is 5.73 Å². The van der Waals surface area contributed by atoms with E-state index >= 15 is 0 Å². The van der Waals surface area contributed by atoms with Crippen molar-refractivity contribution in [1.29, 1.82) is 0 Å². The lowest BCUT2D eigenvalue weighted by Crippen LogP contribution is -2.18. The van der Waals surface area contributed by atoms with Crippen molar-refractivity contribution in [2.45, 2.75) is 25.3 Å². The van der Waals surface area contributed by atoms with Gasteiger partial charge in [0, 0.05) is 12.2 Å². The van der Waals surface area contributed by atoms with Gasteiger partial charge in [-0.15, -0.1) is 5.10 Å². The second-order valence-corrected chi connectivity index (χ2v) is 3.86. The Morgan fingerprint density at radius 2 is 2.43 bits per heavy atom. The molecule has 2 atom stereocenters. The Balaban J connectivity index is 1.88. The van der Waals surface area contributed by atoms with E-state index in [1.165, 1.54) is 12.8 Å². The minimum absolute atomic E-state index is 0.528. The zero-order valence-corrected chi connectivity index (χ0v) is 8.19. The van der Waals surface area contributed by atoms with Crippen LogP contribution in [0.15, 0.2) is 18.3 Å². The molecule has 1 aromatic heterocycles. The summed E-state index contributed by atoms with van der Waals surface area (Å²) in [5, 5.41) is 11.2. The van der Waals surface area contributed by atoms with Gasteiger partial charge in [0.2, 0.25) is 0 Å². The van der Waals surface area contributed by atoms with E-state index in [-0.39, 0.29) is 0 Å². The van der Waals surface area contributed by atoms with Crippen molar-refractivity contribution in [1.82, 2.24) is 10.2 Å². The quantitative estimate of drug-likeness (QED) is 0.750. The number of nitrogens with zero attached hydrogens (tertiary/aromatic N) is 2. The van der Waals surface area contributed by atoms with Crippen LogP contribution in [0.25, 0.3) is 0 Å². The lowest BCUT2D eigenvalue weighted by molar-refractivity contribution is 0.555. The van der Waals surface area contributed by atoms with E-state index < -0.39 is 0 Å². The summed E-state index contributed by atoms with van der Waals surface area (Å²) >= 11 is 0. The molecule has 0 bridgehead atoms. The van der Waals surface area contributed by atoms with Crippen LogP contribution in [0.3, 0.4) is 0 Å². The Morgan fingerprint density at radius 3 is 3.07 bits per heavy atom. The fourth-order valence-corrected chi connectivity index (χ4v) is 2.01. The highest BCUT2D eigenvalue weighted by molar-refractivity contribution is 5.33. The van der Waals surface area contributed by atoms with Gasteiger partial charge in [-0.05, 0) is 43.9 Å². The Bertz CT molecular complexity index is 275. The predicted molar refractivity (Wildman–Crippen MR) is 55.8 cm³/mol. The first-order valence-corrected chi connectivity index (χ1v) is 5.13. The summed E-state index contributed by atoms with van der Waals surface area (Å²) < 4.78 is 0. The number of aromatic nitrogens is 2. The van der Waals surface area contributed by atoms with Gasteiger partial charge in [-0.2, -0.15) is 5.10 Å². The van der Waals surface area contributed by atoms with Crippen molar-refractivity contribution in [3.8, 4) is 0 Å². The Kier molecular flexibility index (Phi) is 2.93. The van der Waals surface area contributed by atoms with E-state index in [1.54, 1.807) is 6.20 Å². The molecular weight excluding hydrogens is 176 g/mol. The first kappa shape index (κ1) is 9.40. The molecule has 0 spiro atoms. The third-order valence-corrected chi connectivity index (χ3v) is 2.80. The van der Waals surface area contributed by atoms with E-state index in [2.05, 4.69) is 15.5 Å². The summed E-state index contributed by atoms with van der Waals surface area (Å²) in [6.45, 7) is 0.804. The monoisotopic (exact) mass is 192 g/mol. The van der Waals surface area contributed by atoms with Crippen LogP contribution >= 0.6 is 0 Å². The van der Waals surface area contributed by atoms with Crippen molar-refractivity contribution < 1.29 is 0 Å². The zero-order valence-electron chi connectivity index (χ0n) is 8.19. The van der Waals surface area contributed by atoms with Gasteiger partial charge in [-0.1, -0.05) is 0 Å². The summed E-state index contributed by atoms with van der Waals surface area (Å²) in [6, 6.07) is 4.37. The normalized spacial score (nSPS) is 26.4. The lowest BCUT2D eigenvalue weighted by atomic mass is 10.1. The van der Waals surface area contributed by atoms with Gasteiger partial charge in [0.25, 0.3) is 0 Å². The molecule has 2 rings (SSSR count). The van der Waals surface area contributed by atoms with Crippen molar-refractivity contribution in [3.63, 3.8) is 0 Å². The average Bonchev–Trinajstić information content (AvgIpc) is 2.67. The number of nitrogens with one attached hydrogen (secondary N) is 1. The Hall–Kier alpha value is -1.16. The smallest absolute Gasteiger partial charge is 0.148 e. The molecule has 0 amide bonds. The molecule has 0 radical (unpaired) electrons. The molecule has 1 aliphatic rings. The van der Waals surface area contributed by atoms with Crippen LogP contribution in [-0.2, 0) is 0 Å². The lowest BCUT2D eigenvalue weighted by Gasteiger charge is -2.12. The van der Waals surface area contributed by atoms with Crippen LogP contribution in [0.5, 0.6) is 0 Å². The fourth-order valence-electron chi connectivity index (χ4n) is 2.01.